The first-order valence-electron chi connectivity index (χ1n) is 7.98. The smallest absolute Gasteiger partial charge is 0.231 e. The van der Waals surface area contributed by atoms with Crippen LogP contribution in [-0.2, 0) is 5.75 Å². The van der Waals surface area contributed by atoms with Crippen molar-refractivity contribution in [2.75, 3.05) is 24.4 Å². The van der Waals surface area contributed by atoms with E-state index in [1.54, 1.807) is 17.8 Å². The first-order chi connectivity index (χ1) is 12.2. The fourth-order valence-corrected chi connectivity index (χ4v) is 3.49. The molecule has 25 heavy (non-hydrogen) atoms. The molecule has 1 aliphatic rings. The van der Waals surface area contributed by atoms with Gasteiger partial charge in [-0.3, -0.25) is 0 Å². The Morgan fingerprint density at radius 3 is 2.88 bits per heavy atom. The second-order valence-electron chi connectivity index (χ2n) is 5.45. The molecular formula is C18H19FN2O2S2. The third kappa shape index (κ3) is 5.24. The minimum atomic E-state index is -0.137. The van der Waals surface area contributed by atoms with E-state index < -0.39 is 0 Å². The predicted octanol–water partition coefficient (Wildman–Crippen LogP) is 4.16. The molecule has 3 rings (SSSR count). The van der Waals surface area contributed by atoms with Gasteiger partial charge in [0.2, 0.25) is 6.79 Å². The highest BCUT2D eigenvalue weighted by atomic mass is 32.2. The van der Waals surface area contributed by atoms with Crippen molar-refractivity contribution >= 4 is 34.8 Å². The zero-order chi connectivity index (χ0) is 17.5. The molecule has 0 saturated carbocycles. The van der Waals surface area contributed by atoms with Gasteiger partial charge in [0.05, 0.1) is 0 Å². The molecule has 0 radical (unpaired) electrons. The highest BCUT2D eigenvalue weighted by Crippen LogP contribution is 2.34. The summed E-state index contributed by atoms with van der Waals surface area (Å²) in [6.07, 6.45) is 0.947. The van der Waals surface area contributed by atoms with Crippen LogP contribution in [0.25, 0.3) is 0 Å². The fraction of sp³-hybridized carbons (Fsp3) is 0.278. The molecule has 7 heteroatoms. The summed E-state index contributed by atoms with van der Waals surface area (Å²) >= 11 is 7.00. The van der Waals surface area contributed by atoms with Crippen LogP contribution in [0.1, 0.15) is 12.0 Å². The maximum absolute atomic E-state index is 13.5. The Morgan fingerprint density at radius 2 is 2.00 bits per heavy atom. The average molecular weight is 378 g/mol. The van der Waals surface area contributed by atoms with E-state index in [1.807, 2.05) is 30.3 Å². The molecule has 1 heterocycles. The number of rotatable bonds is 7. The molecule has 0 saturated heterocycles. The van der Waals surface area contributed by atoms with Crippen molar-refractivity contribution in [2.24, 2.45) is 0 Å². The Kier molecular flexibility index (Phi) is 6.36. The number of thioether (sulfide) groups is 1. The second kappa shape index (κ2) is 8.92. The summed E-state index contributed by atoms with van der Waals surface area (Å²) < 4.78 is 24.1. The number of nitrogens with one attached hydrogen (secondary N) is 2. The summed E-state index contributed by atoms with van der Waals surface area (Å²) in [5.74, 6) is 2.96. The molecule has 0 bridgehead atoms. The largest absolute Gasteiger partial charge is 0.454 e. The van der Waals surface area contributed by atoms with Crippen LogP contribution in [0.2, 0.25) is 0 Å². The van der Waals surface area contributed by atoms with E-state index in [9.17, 15) is 4.39 Å². The van der Waals surface area contributed by atoms with Gasteiger partial charge in [0.1, 0.15) is 5.82 Å². The van der Waals surface area contributed by atoms with E-state index in [4.69, 9.17) is 21.7 Å². The number of hydrogen-bond acceptors (Lipinski definition) is 4. The van der Waals surface area contributed by atoms with E-state index in [-0.39, 0.29) is 12.6 Å². The number of fused-ring (bicyclic) bond motifs is 1. The molecule has 2 aromatic rings. The van der Waals surface area contributed by atoms with Gasteiger partial charge < -0.3 is 20.1 Å². The molecular weight excluding hydrogens is 359 g/mol. The molecule has 132 valence electrons. The molecule has 0 unspecified atom stereocenters. The van der Waals surface area contributed by atoms with Crippen LogP contribution in [0.5, 0.6) is 11.5 Å². The third-order valence-corrected chi connectivity index (χ3v) is 4.94. The molecule has 0 fully saturated rings. The van der Waals surface area contributed by atoms with Crippen molar-refractivity contribution in [3.63, 3.8) is 0 Å². The van der Waals surface area contributed by atoms with Crippen LogP contribution in [0.4, 0.5) is 10.1 Å². The van der Waals surface area contributed by atoms with Crippen LogP contribution in [0, 0.1) is 5.82 Å². The van der Waals surface area contributed by atoms with Gasteiger partial charge in [-0.05, 0) is 48.2 Å². The lowest BCUT2D eigenvalue weighted by molar-refractivity contribution is 0.174. The van der Waals surface area contributed by atoms with Crippen LogP contribution in [0.3, 0.4) is 0 Å². The second-order valence-corrected chi connectivity index (χ2v) is 6.96. The summed E-state index contributed by atoms with van der Waals surface area (Å²) in [6.45, 7) is 1.02. The van der Waals surface area contributed by atoms with Gasteiger partial charge in [0.15, 0.2) is 16.6 Å². The van der Waals surface area contributed by atoms with Crippen molar-refractivity contribution in [3.05, 3.63) is 53.8 Å². The number of thiocarbonyl (C=S) groups is 1. The highest BCUT2D eigenvalue weighted by Gasteiger charge is 2.13. The van der Waals surface area contributed by atoms with E-state index in [2.05, 4.69) is 10.6 Å². The van der Waals surface area contributed by atoms with Crippen LogP contribution in [-0.4, -0.2) is 24.2 Å². The van der Waals surface area contributed by atoms with Gasteiger partial charge in [0, 0.05) is 24.1 Å². The standard InChI is InChI=1S/C18H19FN2O2S2/c19-15-5-2-1-4-13(15)11-25-9-3-8-20-18(24)21-14-6-7-16-17(10-14)23-12-22-16/h1-2,4-7,10H,3,8-9,11-12H2,(H2,20,21,24). The minimum absolute atomic E-state index is 0.137. The van der Waals surface area contributed by atoms with Gasteiger partial charge in [-0.25, -0.2) is 4.39 Å². The molecule has 2 aromatic carbocycles. The topological polar surface area (TPSA) is 42.5 Å². The quantitative estimate of drug-likeness (QED) is 0.557. The summed E-state index contributed by atoms with van der Waals surface area (Å²) in [7, 11) is 0. The molecule has 4 nitrogen and oxygen atoms in total. The van der Waals surface area contributed by atoms with Crippen molar-refractivity contribution in [3.8, 4) is 11.5 Å². The Hall–Kier alpha value is -1.99. The monoisotopic (exact) mass is 378 g/mol. The Labute approximate surface area is 156 Å². The van der Waals surface area contributed by atoms with Crippen LogP contribution in [0.15, 0.2) is 42.5 Å². The SMILES string of the molecule is Fc1ccccc1CSCCCNC(=S)Nc1ccc2c(c1)OCO2. The van der Waals surface area contributed by atoms with Gasteiger partial charge in [-0.15, -0.1) is 0 Å². The summed E-state index contributed by atoms with van der Waals surface area (Å²) in [5.41, 5.74) is 1.61. The van der Waals surface area contributed by atoms with Crippen molar-refractivity contribution in [2.45, 2.75) is 12.2 Å². The Bertz CT molecular complexity index is 743. The summed E-state index contributed by atoms with van der Waals surface area (Å²) in [6, 6.07) is 12.5. The fourth-order valence-electron chi connectivity index (χ4n) is 2.32. The molecule has 0 amide bonds. The van der Waals surface area contributed by atoms with Gasteiger partial charge in [-0.1, -0.05) is 18.2 Å². The Morgan fingerprint density at radius 1 is 1.16 bits per heavy atom. The number of anilines is 1. The van der Waals surface area contributed by atoms with E-state index in [0.29, 0.717) is 10.9 Å². The lowest BCUT2D eigenvalue weighted by atomic mass is 10.2. The molecule has 0 aromatic heterocycles. The maximum Gasteiger partial charge on any atom is 0.231 e. The van der Waals surface area contributed by atoms with Gasteiger partial charge >= 0.3 is 0 Å². The first kappa shape index (κ1) is 17.8. The molecule has 2 N–H and O–H groups in total. The highest BCUT2D eigenvalue weighted by molar-refractivity contribution is 7.98. The third-order valence-electron chi connectivity index (χ3n) is 3.60. The van der Waals surface area contributed by atoms with E-state index >= 15 is 0 Å². The molecule has 1 aliphatic heterocycles. The zero-order valence-electron chi connectivity index (χ0n) is 13.6. The first-order valence-corrected chi connectivity index (χ1v) is 9.54. The predicted molar refractivity (Wildman–Crippen MR) is 104 cm³/mol. The van der Waals surface area contributed by atoms with Crippen molar-refractivity contribution in [1.82, 2.24) is 5.32 Å². The number of ether oxygens (including phenoxy) is 2. The minimum Gasteiger partial charge on any atom is -0.454 e. The number of benzene rings is 2. The van der Waals surface area contributed by atoms with Gasteiger partial charge in [0.25, 0.3) is 0 Å². The van der Waals surface area contributed by atoms with Crippen molar-refractivity contribution < 1.29 is 13.9 Å². The zero-order valence-corrected chi connectivity index (χ0v) is 15.2. The maximum atomic E-state index is 13.5. The van der Waals surface area contributed by atoms with Crippen molar-refractivity contribution in [1.29, 1.82) is 0 Å². The van der Waals surface area contributed by atoms with E-state index in [0.717, 1.165) is 41.5 Å². The normalized spacial score (nSPS) is 12.0. The number of halogens is 1. The lowest BCUT2D eigenvalue weighted by Crippen LogP contribution is -2.29. The summed E-state index contributed by atoms with van der Waals surface area (Å²) in [5, 5.41) is 6.86. The molecule has 0 spiro atoms. The molecule has 0 atom stereocenters. The molecule has 0 aliphatic carbocycles. The van der Waals surface area contributed by atoms with Crippen LogP contribution >= 0.6 is 24.0 Å². The lowest BCUT2D eigenvalue weighted by Gasteiger charge is -2.11. The Balaban J connectivity index is 1.31. The summed E-state index contributed by atoms with van der Waals surface area (Å²) in [4.78, 5) is 0. The van der Waals surface area contributed by atoms with Gasteiger partial charge in [-0.2, -0.15) is 11.8 Å². The van der Waals surface area contributed by atoms with Crippen LogP contribution < -0.4 is 20.1 Å². The van der Waals surface area contributed by atoms with E-state index in [1.165, 1.54) is 6.07 Å². The number of hydrogen-bond donors (Lipinski definition) is 2. The average Bonchev–Trinajstić information content (AvgIpc) is 3.07.